The van der Waals surface area contributed by atoms with Crippen molar-refractivity contribution < 1.29 is 9.53 Å². The highest BCUT2D eigenvalue weighted by atomic mass is 16.5. The molecular weight excluding hydrogens is 368 g/mol. The first-order valence-electron chi connectivity index (χ1n) is 9.63. The molecule has 3 aromatic rings. The third kappa shape index (κ3) is 4.71. The van der Waals surface area contributed by atoms with Gasteiger partial charge in [-0.3, -0.25) is 9.48 Å². The highest BCUT2D eigenvalue weighted by molar-refractivity contribution is 5.78. The van der Waals surface area contributed by atoms with Crippen molar-refractivity contribution in [2.24, 2.45) is 7.05 Å². The average Bonchev–Trinajstić information content (AvgIpc) is 3.37. The third-order valence-electron chi connectivity index (χ3n) is 4.87. The number of nitrogens with one attached hydrogen (secondary N) is 1. The summed E-state index contributed by atoms with van der Waals surface area (Å²) in [6.45, 7) is 3.48. The summed E-state index contributed by atoms with van der Waals surface area (Å²) in [5.74, 6) is 1.24. The number of amides is 1. The third-order valence-corrected chi connectivity index (χ3v) is 4.87. The van der Waals surface area contributed by atoms with Gasteiger partial charge < -0.3 is 15.0 Å². The van der Waals surface area contributed by atoms with Gasteiger partial charge in [-0.1, -0.05) is 17.7 Å². The predicted molar refractivity (Wildman–Crippen MR) is 110 cm³/mol. The van der Waals surface area contributed by atoms with Crippen LogP contribution in [0.2, 0.25) is 0 Å². The van der Waals surface area contributed by atoms with Gasteiger partial charge in [0.2, 0.25) is 5.95 Å². The molecule has 8 nitrogen and oxygen atoms in total. The lowest BCUT2D eigenvalue weighted by Gasteiger charge is -2.17. The lowest BCUT2D eigenvalue weighted by molar-refractivity contribution is -0.123. The number of hydrogen-bond acceptors (Lipinski definition) is 6. The van der Waals surface area contributed by atoms with Gasteiger partial charge in [0.1, 0.15) is 5.75 Å². The molecule has 0 saturated carbocycles. The Morgan fingerprint density at radius 1 is 1.28 bits per heavy atom. The number of anilines is 1. The van der Waals surface area contributed by atoms with Crippen molar-refractivity contribution in [2.75, 3.05) is 24.6 Å². The summed E-state index contributed by atoms with van der Waals surface area (Å²) in [7, 11) is 1.88. The maximum Gasteiger partial charge on any atom is 0.258 e. The van der Waals surface area contributed by atoms with Crippen molar-refractivity contribution in [2.45, 2.75) is 19.4 Å². The Hall–Kier alpha value is -3.42. The molecule has 1 aliphatic rings. The molecule has 29 heavy (non-hydrogen) atoms. The molecule has 1 fully saturated rings. The summed E-state index contributed by atoms with van der Waals surface area (Å²) in [5, 5.41) is 7.23. The SMILES string of the molecule is Cc1ccc(OCC(=O)NC2CCN(c3nccc(-c4cnn(C)c4)n3)C2)cc1. The highest BCUT2D eigenvalue weighted by Gasteiger charge is 2.26. The van der Waals surface area contributed by atoms with E-state index in [1.54, 1.807) is 17.1 Å². The van der Waals surface area contributed by atoms with Gasteiger partial charge in [-0.2, -0.15) is 5.10 Å². The number of rotatable bonds is 6. The van der Waals surface area contributed by atoms with Gasteiger partial charge in [-0.05, 0) is 31.5 Å². The summed E-state index contributed by atoms with van der Waals surface area (Å²) in [5.41, 5.74) is 2.94. The van der Waals surface area contributed by atoms with Crippen molar-refractivity contribution in [3.05, 3.63) is 54.5 Å². The standard InChI is InChI=1S/C21H24N6O2/c1-15-3-5-18(6-4-15)29-14-20(28)24-17-8-10-27(13-17)21-22-9-7-19(25-21)16-11-23-26(2)12-16/h3-7,9,11-12,17H,8,10,13-14H2,1-2H3,(H,24,28). The van der Waals surface area contributed by atoms with Gasteiger partial charge in [0.05, 0.1) is 11.9 Å². The van der Waals surface area contributed by atoms with Gasteiger partial charge in [0.25, 0.3) is 5.91 Å². The molecule has 1 amide bonds. The number of ether oxygens (including phenoxy) is 1. The number of nitrogens with zero attached hydrogens (tertiary/aromatic N) is 5. The van der Waals surface area contributed by atoms with Crippen LogP contribution in [0.15, 0.2) is 48.9 Å². The van der Waals surface area contributed by atoms with Crippen LogP contribution in [0.25, 0.3) is 11.3 Å². The van der Waals surface area contributed by atoms with Crippen LogP contribution in [0.5, 0.6) is 5.75 Å². The first-order chi connectivity index (χ1) is 14.1. The first-order valence-corrected chi connectivity index (χ1v) is 9.63. The molecule has 1 saturated heterocycles. The largest absolute Gasteiger partial charge is 0.484 e. The second-order valence-electron chi connectivity index (χ2n) is 7.25. The second kappa shape index (κ2) is 8.30. The van der Waals surface area contributed by atoms with E-state index in [0.717, 1.165) is 29.8 Å². The highest BCUT2D eigenvalue weighted by Crippen LogP contribution is 2.21. The molecule has 0 radical (unpaired) electrons. The quantitative estimate of drug-likeness (QED) is 0.690. The zero-order chi connectivity index (χ0) is 20.2. The van der Waals surface area contributed by atoms with Crippen LogP contribution in [0.3, 0.4) is 0 Å². The van der Waals surface area contributed by atoms with E-state index in [9.17, 15) is 4.79 Å². The van der Waals surface area contributed by atoms with Gasteiger partial charge in [0, 0.05) is 44.1 Å². The average molecular weight is 392 g/mol. The molecule has 1 aromatic carbocycles. The zero-order valence-electron chi connectivity index (χ0n) is 16.6. The van der Waals surface area contributed by atoms with Crippen molar-refractivity contribution in [3.63, 3.8) is 0 Å². The zero-order valence-corrected chi connectivity index (χ0v) is 16.6. The Labute approximate surface area is 169 Å². The van der Waals surface area contributed by atoms with Gasteiger partial charge in [0.15, 0.2) is 6.61 Å². The van der Waals surface area contributed by atoms with Gasteiger partial charge >= 0.3 is 0 Å². The fourth-order valence-electron chi connectivity index (χ4n) is 3.33. The van der Waals surface area contributed by atoms with Crippen LogP contribution in [0.1, 0.15) is 12.0 Å². The number of aromatic nitrogens is 4. The van der Waals surface area contributed by atoms with Crippen LogP contribution in [0.4, 0.5) is 5.95 Å². The summed E-state index contributed by atoms with van der Waals surface area (Å²) < 4.78 is 7.30. The molecule has 1 N–H and O–H groups in total. The Morgan fingerprint density at radius 2 is 2.10 bits per heavy atom. The number of hydrogen-bond donors (Lipinski definition) is 1. The Balaban J connectivity index is 1.31. The lowest BCUT2D eigenvalue weighted by atomic mass is 10.2. The molecule has 8 heteroatoms. The molecule has 0 spiro atoms. The summed E-state index contributed by atoms with van der Waals surface area (Å²) in [6, 6.07) is 9.58. The van der Waals surface area contributed by atoms with E-state index in [-0.39, 0.29) is 18.6 Å². The lowest BCUT2D eigenvalue weighted by Crippen LogP contribution is -2.39. The van der Waals surface area contributed by atoms with E-state index in [1.807, 2.05) is 50.5 Å². The summed E-state index contributed by atoms with van der Waals surface area (Å²) in [4.78, 5) is 23.4. The molecule has 150 valence electrons. The van der Waals surface area contributed by atoms with Crippen molar-refractivity contribution in [1.29, 1.82) is 0 Å². The molecule has 1 aliphatic heterocycles. The minimum atomic E-state index is -0.123. The monoisotopic (exact) mass is 392 g/mol. The summed E-state index contributed by atoms with van der Waals surface area (Å²) in [6.07, 6.45) is 6.31. The molecule has 0 bridgehead atoms. The second-order valence-corrected chi connectivity index (χ2v) is 7.25. The molecule has 2 aromatic heterocycles. The van der Waals surface area contributed by atoms with E-state index in [2.05, 4.69) is 25.3 Å². The molecule has 4 rings (SSSR count). The fourth-order valence-corrected chi connectivity index (χ4v) is 3.33. The Morgan fingerprint density at radius 3 is 2.86 bits per heavy atom. The topological polar surface area (TPSA) is 85.2 Å². The van der Waals surface area contributed by atoms with E-state index < -0.39 is 0 Å². The first kappa shape index (κ1) is 18.9. The van der Waals surface area contributed by atoms with Gasteiger partial charge in [-0.15, -0.1) is 0 Å². The maximum atomic E-state index is 12.2. The normalized spacial score (nSPS) is 16.1. The number of carbonyl (C=O) groups excluding carboxylic acids is 1. The molecular formula is C21H24N6O2. The molecule has 1 unspecified atom stereocenters. The van der Waals surface area contributed by atoms with E-state index in [0.29, 0.717) is 18.2 Å². The maximum absolute atomic E-state index is 12.2. The van der Waals surface area contributed by atoms with Crippen molar-refractivity contribution in [1.82, 2.24) is 25.1 Å². The fraction of sp³-hybridized carbons (Fsp3) is 0.333. The number of benzene rings is 1. The van der Waals surface area contributed by atoms with E-state index >= 15 is 0 Å². The number of carbonyl (C=O) groups is 1. The van der Waals surface area contributed by atoms with Crippen LogP contribution in [-0.4, -0.2) is 51.4 Å². The van der Waals surface area contributed by atoms with Crippen LogP contribution < -0.4 is 15.0 Å². The summed E-state index contributed by atoms with van der Waals surface area (Å²) >= 11 is 0. The van der Waals surface area contributed by atoms with E-state index in [1.165, 1.54) is 0 Å². The van der Waals surface area contributed by atoms with Crippen molar-refractivity contribution >= 4 is 11.9 Å². The molecule has 3 heterocycles. The smallest absolute Gasteiger partial charge is 0.258 e. The van der Waals surface area contributed by atoms with Crippen molar-refractivity contribution in [3.8, 4) is 17.0 Å². The van der Waals surface area contributed by atoms with Crippen LogP contribution in [0, 0.1) is 6.92 Å². The van der Waals surface area contributed by atoms with Gasteiger partial charge in [-0.25, -0.2) is 9.97 Å². The minimum Gasteiger partial charge on any atom is -0.484 e. The predicted octanol–water partition coefficient (Wildman–Crippen LogP) is 1.96. The van der Waals surface area contributed by atoms with Crippen LogP contribution >= 0.6 is 0 Å². The Bertz CT molecular complexity index is 985. The number of aryl methyl sites for hydroxylation is 2. The van der Waals surface area contributed by atoms with E-state index in [4.69, 9.17) is 4.74 Å². The van der Waals surface area contributed by atoms with Crippen LogP contribution in [-0.2, 0) is 11.8 Å². The minimum absolute atomic E-state index is 0.00650. The molecule has 1 atom stereocenters. The molecule has 0 aliphatic carbocycles. The Kier molecular flexibility index (Phi) is 5.41.